The van der Waals surface area contributed by atoms with Crippen LogP contribution in [0.4, 0.5) is 0 Å². The van der Waals surface area contributed by atoms with Gasteiger partial charge >= 0.3 is 0 Å². The highest BCUT2D eigenvalue weighted by Crippen LogP contribution is 2.46. The summed E-state index contributed by atoms with van der Waals surface area (Å²) >= 11 is 0. The van der Waals surface area contributed by atoms with Crippen LogP contribution in [0.5, 0.6) is 5.75 Å². The van der Waals surface area contributed by atoms with Crippen molar-refractivity contribution in [1.82, 2.24) is 10.6 Å². The van der Waals surface area contributed by atoms with Crippen molar-refractivity contribution < 1.29 is 17.9 Å². The molecule has 0 heterocycles. The van der Waals surface area contributed by atoms with Crippen LogP contribution in [0, 0.1) is 12.3 Å². The second-order valence-electron chi connectivity index (χ2n) is 7.78. The molecule has 0 radical (unpaired) electrons. The first kappa shape index (κ1) is 23.5. The SMILES string of the molecule is CCNC(=NCc1ccc(C)cc1OCCOCC)NCC1(CS(C)(=O)=O)CC1. The number of aliphatic imine (C=N–C) groups is 1. The van der Waals surface area contributed by atoms with E-state index in [4.69, 9.17) is 9.47 Å². The van der Waals surface area contributed by atoms with Gasteiger partial charge in [-0.05, 0) is 45.2 Å². The number of rotatable bonds is 12. The van der Waals surface area contributed by atoms with Crippen LogP contribution in [0.15, 0.2) is 23.2 Å². The summed E-state index contributed by atoms with van der Waals surface area (Å²) in [7, 11) is -2.98. The molecule has 8 heteroatoms. The zero-order valence-corrected chi connectivity index (χ0v) is 18.9. The van der Waals surface area contributed by atoms with Gasteiger partial charge in [-0.2, -0.15) is 0 Å². The minimum atomic E-state index is -2.98. The van der Waals surface area contributed by atoms with Crippen LogP contribution in [0.3, 0.4) is 0 Å². The number of sulfone groups is 1. The molecule has 1 aliphatic rings. The van der Waals surface area contributed by atoms with Gasteiger partial charge in [-0.1, -0.05) is 12.1 Å². The van der Waals surface area contributed by atoms with Crippen LogP contribution in [-0.4, -0.2) is 59.3 Å². The van der Waals surface area contributed by atoms with Crippen LogP contribution in [0.2, 0.25) is 0 Å². The fraction of sp³-hybridized carbons (Fsp3) is 0.667. The highest BCUT2D eigenvalue weighted by atomic mass is 32.2. The van der Waals surface area contributed by atoms with Gasteiger partial charge in [0, 0.05) is 36.9 Å². The summed E-state index contributed by atoms with van der Waals surface area (Å²) in [6, 6.07) is 6.10. The highest BCUT2D eigenvalue weighted by Gasteiger charge is 2.45. The van der Waals surface area contributed by atoms with E-state index >= 15 is 0 Å². The number of hydrogen-bond acceptors (Lipinski definition) is 5. The number of nitrogens with zero attached hydrogens (tertiary/aromatic N) is 1. The molecule has 0 amide bonds. The number of nitrogens with one attached hydrogen (secondary N) is 2. The highest BCUT2D eigenvalue weighted by molar-refractivity contribution is 7.90. The molecule has 1 aliphatic carbocycles. The Balaban J connectivity index is 2.00. The maximum atomic E-state index is 11.7. The normalized spacial score (nSPS) is 15.8. The lowest BCUT2D eigenvalue weighted by atomic mass is 10.1. The molecule has 2 rings (SSSR count). The van der Waals surface area contributed by atoms with Gasteiger partial charge in [0.05, 0.1) is 18.9 Å². The number of benzene rings is 1. The minimum Gasteiger partial charge on any atom is -0.491 e. The van der Waals surface area contributed by atoms with Crippen molar-refractivity contribution in [2.45, 2.75) is 40.2 Å². The van der Waals surface area contributed by atoms with E-state index in [-0.39, 0.29) is 11.2 Å². The first-order valence-corrected chi connectivity index (χ1v) is 12.3. The third kappa shape index (κ3) is 8.62. The summed E-state index contributed by atoms with van der Waals surface area (Å²) in [5.74, 6) is 1.73. The molecule has 0 bridgehead atoms. The fourth-order valence-electron chi connectivity index (χ4n) is 3.16. The topological polar surface area (TPSA) is 89.0 Å². The summed E-state index contributed by atoms with van der Waals surface area (Å²) in [4.78, 5) is 4.68. The summed E-state index contributed by atoms with van der Waals surface area (Å²) in [6.07, 6.45) is 3.17. The van der Waals surface area contributed by atoms with E-state index in [0.29, 0.717) is 38.9 Å². The van der Waals surface area contributed by atoms with Gasteiger partial charge in [0.25, 0.3) is 0 Å². The average Bonchev–Trinajstić information content (AvgIpc) is 3.40. The van der Waals surface area contributed by atoms with Crippen molar-refractivity contribution in [2.75, 3.05) is 44.9 Å². The predicted molar refractivity (Wildman–Crippen MR) is 117 cm³/mol. The average molecular weight is 426 g/mol. The van der Waals surface area contributed by atoms with Gasteiger partial charge in [-0.3, -0.25) is 0 Å². The Labute approximate surface area is 175 Å². The summed E-state index contributed by atoms with van der Waals surface area (Å²) in [6.45, 7) is 9.54. The van der Waals surface area contributed by atoms with Crippen molar-refractivity contribution in [3.8, 4) is 5.75 Å². The number of guanidine groups is 1. The molecule has 0 aromatic heterocycles. The van der Waals surface area contributed by atoms with E-state index in [0.717, 1.165) is 36.3 Å². The lowest BCUT2D eigenvalue weighted by molar-refractivity contribution is 0.110. The van der Waals surface area contributed by atoms with Crippen molar-refractivity contribution in [2.24, 2.45) is 10.4 Å². The van der Waals surface area contributed by atoms with Crippen LogP contribution >= 0.6 is 0 Å². The molecular weight excluding hydrogens is 390 g/mol. The van der Waals surface area contributed by atoms with Gasteiger partial charge in [0.1, 0.15) is 22.2 Å². The maximum absolute atomic E-state index is 11.7. The Morgan fingerprint density at radius 2 is 1.97 bits per heavy atom. The Morgan fingerprint density at radius 1 is 1.21 bits per heavy atom. The summed E-state index contributed by atoms with van der Waals surface area (Å²) < 4.78 is 34.6. The molecular formula is C21H35N3O4S. The van der Waals surface area contributed by atoms with E-state index in [2.05, 4.69) is 15.6 Å². The van der Waals surface area contributed by atoms with Gasteiger partial charge in [0.2, 0.25) is 0 Å². The fourth-order valence-corrected chi connectivity index (χ4v) is 4.67. The van der Waals surface area contributed by atoms with Gasteiger partial charge in [-0.15, -0.1) is 0 Å². The van der Waals surface area contributed by atoms with Crippen LogP contribution in [0.25, 0.3) is 0 Å². The zero-order chi connectivity index (χ0) is 21.3. The molecule has 0 saturated heterocycles. The monoisotopic (exact) mass is 425 g/mol. The van der Waals surface area contributed by atoms with Crippen molar-refractivity contribution in [3.63, 3.8) is 0 Å². The smallest absolute Gasteiger partial charge is 0.191 e. The first-order chi connectivity index (χ1) is 13.8. The quantitative estimate of drug-likeness (QED) is 0.303. The van der Waals surface area contributed by atoms with Crippen LogP contribution < -0.4 is 15.4 Å². The lowest BCUT2D eigenvalue weighted by Crippen LogP contribution is -2.41. The second kappa shape index (κ2) is 10.8. The standard InChI is InChI=1S/C21H35N3O4S/c1-5-22-20(24-15-21(9-10-21)16-29(4,25)26)23-14-18-8-7-17(3)13-19(18)28-12-11-27-6-2/h7-8,13H,5-6,9-12,14-16H2,1-4H3,(H2,22,23,24). The number of aryl methyl sites for hydroxylation is 1. The third-order valence-electron chi connectivity index (χ3n) is 4.82. The van der Waals surface area contributed by atoms with E-state index in [1.807, 2.05) is 39.0 Å². The van der Waals surface area contributed by atoms with E-state index in [9.17, 15) is 8.42 Å². The maximum Gasteiger partial charge on any atom is 0.191 e. The Kier molecular flexibility index (Phi) is 8.77. The van der Waals surface area contributed by atoms with Crippen molar-refractivity contribution in [1.29, 1.82) is 0 Å². The molecule has 0 spiro atoms. The molecule has 164 valence electrons. The molecule has 1 aromatic rings. The van der Waals surface area contributed by atoms with Gasteiger partial charge in [0.15, 0.2) is 5.96 Å². The Morgan fingerprint density at radius 3 is 2.59 bits per heavy atom. The summed E-state index contributed by atoms with van der Waals surface area (Å²) in [5.41, 5.74) is 1.98. The van der Waals surface area contributed by atoms with Gasteiger partial charge in [-0.25, -0.2) is 13.4 Å². The lowest BCUT2D eigenvalue weighted by Gasteiger charge is -2.18. The Bertz CT molecular complexity index is 789. The summed E-state index contributed by atoms with van der Waals surface area (Å²) in [5, 5.41) is 6.56. The van der Waals surface area contributed by atoms with E-state index in [1.54, 1.807) is 0 Å². The first-order valence-electron chi connectivity index (χ1n) is 10.3. The van der Waals surface area contributed by atoms with E-state index in [1.165, 1.54) is 6.26 Å². The number of ether oxygens (including phenoxy) is 2. The molecule has 7 nitrogen and oxygen atoms in total. The molecule has 0 aliphatic heterocycles. The van der Waals surface area contributed by atoms with Crippen LogP contribution in [-0.2, 0) is 21.1 Å². The molecule has 0 unspecified atom stereocenters. The largest absolute Gasteiger partial charge is 0.491 e. The minimum absolute atomic E-state index is 0.152. The molecule has 29 heavy (non-hydrogen) atoms. The third-order valence-corrected chi connectivity index (χ3v) is 5.96. The molecule has 1 fully saturated rings. The predicted octanol–water partition coefficient (Wildman–Crippen LogP) is 2.29. The van der Waals surface area contributed by atoms with Crippen molar-refractivity contribution >= 4 is 15.8 Å². The molecule has 2 N–H and O–H groups in total. The Hall–Kier alpha value is -1.80. The molecule has 0 atom stereocenters. The van der Waals surface area contributed by atoms with Crippen LogP contribution in [0.1, 0.15) is 37.8 Å². The second-order valence-corrected chi connectivity index (χ2v) is 9.92. The van der Waals surface area contributed by atoms with Gasteiger partial charge < -0.3 is 20.1 Å². The molecule has 1 saturated carbocycles. The zero-order valence-electron chi connectivity index (χ0n) is 18.1. The molecule has 1 aromatic carbocycles. The van der Waals surface area contributed by atoms with E-state index < -0.39 is 9.84 Å². The van der Waals surface area contributed by atoms with Crippen molar-refractivity contribution in [3.05, 3.63) is 29.3 Å². The number of hydrogen-bond donors (Lipinski definition) is 2.